The van der Waals surface area contributed by atoms with E-state index >= 15 is 0 Å². The lowest BCUT2D eigenvalue weighted by Crippen LogP contribution is -2.16. The lowest BCUT2D eigenvalue weighted by atomic mass is 10.0. The summed E-state index contributed by atoms with van der Waals surface area (Å²) < 4.78 is 31.3. The molecule has 0 bridgehead atoms. The van der Waals surface area contributed by atoms with E-state index in [4.69, 9.17) is 16.0 Å². The molecule has 0 unspecified atom stereocenters. The fourth-order valence-electron chi connectivity index (χ4n) is 3.00. The normalized spacial score (nSPS) is 11.7. The molecule has 3 aromatic heterocycles. The van der Waals surface area contributed by atoms with Crippen LogP contribution >= 0.6 is 11.6 Å². The molecular formula is C20H17ClN4O4S. The molecule has 30 heavy (non-hydrogen) atoms. The predicted octanol–water partition coefficient (Wildman–Crippen LogP) is 4.25. The third-order valence-corrected chi connectivity index (χ3v) is 6.08. The number of fused-ring (bicyclic) bond motifs is 1. The van der Waals surface area contributed by atoms with Gasteiger partial charge in [-0.05, 0) is 30.2 Å². The van der Waals surface area contributed by atoms with Gasteiger partial charge >= 0.3 is 6.01 Å². The largest absolute Gasteiger partial charge is 0.419 e. The molecule has 2 N–H and O–H groups in total. The Morgan fingerprint density at radius 1 is 1.17 bits per heavy atom. The molecule has 0 saturated carbocycles. The van der Waals surface area contributed by atoms with Crippen LogP contribution in [0.1, 0.15) is 29.5 Å². The zero-order valence-electron chi connectivity index (χ0n) is 15.8. The topological polar surface area (TPSA) is 118 Å². The van der Waals surface area contributed by atoms with Crippen LogP contribution in [0.15, 0.2) is 53.3 Å². The van der Waals surface area contributed by atoms with Crippen LogP contribution in [0.5, 0.6) is 0 Å². The third-order valence-electron chi connectivity index (χ3n) is 4.40. The number of H-pyrrole nitrogens is 1. The summed E-state index contributed by atoms with van der Waals surface area (Å²) in [6.45, 7) is 1.74. The Morgan fingerprint density at radius 2 is 1.93 bits per heavy atom. The molecule has 0 atom stereocenters. The maximum atomic E-state index is 12.9. The van der Waals surface area contributed by atoms with Crippen LogP contribution in [0, 0.1) is 0 Å². The Kier molecular flexibility index (Phi) is 5.31. The Morgan fingerprint density at radius 3 is 2.67 bits per heavy atom. The van der Waals surface area contributed by atoms with E-state index in [-0.39, 0.29) is 17.5 Å². The first-order valence-electron chi connectivity index (χ1n) is 9.10. The van der Waals surface area contributed by atoms with Crippen molar-refractivity contribution in [3.63, 3.8) is 0 Å². The van der Waals surface area contributed by atoms with Gasteiger partial charge in [0, 0.05) is 28.4 Å². The first-order valence-corrected chi connectivity index (χ1v) is 11.1. The summed E-state index contributed by atoms with van der Waals surface area (Å²) in [6, 6.07) is 8.89. The van der Waals surface area contributed by atoms with Crippen molar-refractivity contribution >= 4 is 44.5 Å². The second-order valence-corrected chi connectivity index (χ2v) is 8.89. The molecule has 3 heterocycles. The maximum Gasteiger partial charge on any atom is 0.309 e. The van der Waals surface area contributed by atoms with Crippen molar-refractivity contribution in [2.45, 2.75) is 13.3 Å². The van der Waals surface area contributed by atoms with Crippen LogP contribution in [0.25, 0.3) is 22.2 Å². The minimum atomic E-state index is -3.57. The highest BCUT2D eigenvalue weighted by atomic mass is 35.5. The van der Waals surface area contributed by atoms with Crippen LogP contribution in [-0.4, -0.2) is 34.9 Å². The Bertz CT molecular complexity index is 1330. The van der Waals surface area contributed by atoms with E-state index in [9.17, 15) is 13.2 Å². The summed E-state index contributed by atoms with van der Waals surface area (Å²) in [7, 11) is -3.57. The molecule has 4 rings (SSSR count). The Balaban J connectivity index is 1.65. The quantitative estimate of drug-likeness (QED) is 0.411. The number of nitrogens with zero attached hydrogens (tertiary/aromatic N) is 2. The molecule has 1 aromatic carbocycles. The van der Waals surface area contributed by atoms with Crippen LogP contribution in [0.2, 0.25) is 5.02 Å². The van der Waals surface area contributed by atoms with Crippen molar-refractivity contribution in [1.82, 2.24) is 15.0 Å². The number of hydrogen-bond donors (Lipinski definition) is 2. The van der Waals surface area contributed by atoms with E-state index in [0.29, 0.717) is 28.0 Å². The third kappa shape index (κ3) is 4.07. The van der Waals surface area contributed by atoms with Gasteiger partial charge in [-0.1, -0.05) is 30.7 Å². The number of oxazole rings is 1. The van der Waals surface area contributed by atoms with Crippen LogP contribution < -0.4 is 4.72 Å². The molecule has 0 aliphatic rings. The molecule has 0 radical (unpaired) electrons. The first-order chi connectivity index (χ1) is 14.4. The van der Waals surface area contributed by atoms with Gasteiger partial charge < -0.3 is 9.40 Å². The van der Waals surface area contributed by atoms with Gasteiger partial charge in [0.25, 0.3) is 0 Å². The number of carbonyl (C=O) groups is 1. The molecule has 0 amide bonds. The molecule has 0 aliphatic carbocycles. The van der Waals surface area contributed by atoms with Crippen LogP contribution in [0.3, 0.4) is 0 Å². The molecule has 0 aliphatic heterocycles. The SMILES string of the molecule is CCCS(=O)(=O)Nc1ncc(C(=O)c2c[nH]c3ncc(-c4ccc(Cl)cc4)cc23)o1. The number of ketones is 1. The molecule has 0 spiro atoms. The molecule has 4 aromatic rings. The predicted molar refractivity (Wildman–Crippen MR) is 114 cm³/mol. The van der Waals surface area contributed by atoms with Crippen LogP contribution in [-0.2, 0) is 10.0 Å². The zero-order valence-corrected chi connectivity index (χ0v) is 17.4. The second kappa shape index (κ2) is 7.92. The van der Waals surface area contributed by atoms with Gasteiger partial charge in [0.15, 0.2) is 5.76 Å². The summed E-state index contributed by atoms with van der Waals surface area (Å²) in [5.74, 6) is -0.591. The Labute approximate surface area is 177 Å². The van der Waals surface area contributed by atoms with Gasteiger partial charge in [-0.25, -0.2) is 23.1 Å². The fraction of sp³-hybridized carbons (Fsp3) is 0.150. The number of rotatable bonds is 7. The van der Waals surface area contributed by atoms with E-state index < -0.39 is 15.8 Å². The van der Waals surface area contributed by atoms with Gasteiger partial charge in [0.05, 0.1) is 17.5 Å². The number of benzene rings is 1. The lowest BCUT2D eigenvalue weighted by Gasteiger charge is -2.03. The van der Waals surface area contributed by atoms with E-state index in [1.165, 1.54) is 12.4 Å². The lowest BCUT2D eigenvalue weighted by molar-refractivity contribution is 0.101. The smallest absolute Gasteiger partial charge is 0.309 e. The van der Waals surface area contributed by atoms with E-state index in [1.54, 1.807) is 25.3 Å². The number of nitrogens with one attached hydrogen (secondary N) is 2. The summed E-state index contributed by atoms with van der Waals surface area (Å²) in [4.78, 5) is 24.1. The highest BCUT2D eigenvalue weighted by Crippen LogP contribution is 2.27. The summed E-state index contributed by atoms with van der Waals surface area (Å²) in [5.41, 5.74) is 2.60. The van der Waals surface area contributed by atoms with Crippen molar-refractivity contribution in [1.29, 1.82) is 0 Å². The number of halogens is 1. The van der Waals surface area contributed by atoms with Crippen molar-refractivity contribution < 1.29 is 17.6 Å². The minimum Gasteiger partial charge on any atom is -0.419 e. The molecule has 8 nitrogen and oxygen atoms in total. The van der Waals surface area contributed by atoms with E-state index in [1.807, 2.05) is 18.2 Å². The average Bonchev–Trinajstić information content (AvgIpc) is 3.34. The highest BCUT2D eigenvalue weighted by molar-refractivity contribution is 7.92. The zero-order chi connectivity index (χ0) is 21.3. The molecule has 0 saturated heterocycles. The molecule has 0 fully saturated rings. The number of aromatic amines is 1. The van der Waals surface area contributed by atoms with Crippen molar-refractivity contribution in [3.05, 3.63) is 65.3 Å². The molecular weight excluding hydrogens is 428 g/mol. The number of anilines is 1. The number of sulfonamides is 1. The summed E-state index contributed by atoms with van der Waals surface area (Å²) in [6.07, 6.45) is 4.88. The van der Waals surface area contributed by atoms with E-state index in [0.717, 1.165) is 11.1 Å². The van der Waals surface area contributed by atoms with Crippen LogP contribution in [0.4, 0.5) is 6.01 Å². The van der Waals surface area contributed by atoms with E-state index in [2.05, 4.69) is 19.7 Å². The summed E-state index contributed by atoms with van der Waals surface area (Å²) >= 11 is 5.95. The first kappa shape index (κ1) is 20.1. The second-order valence-electron chi connectivity index (χ2n) is 6.61. The van der Waals surface area contributed by atoms with Crippen molar-refractivity contribution in [2.24, 2.45) is 0 Å². The average molecular weight is 445 g/mol. The minimum absolute atomic E-state index is 0.0692. The Hall–Kier alpha value is -3.17. The van der Waals surface area contributed by atoms with Gasteiger partial charge in [-0.15, -0.1) is 0 Å². The van der Waals surface area contributed by atoms with Crippen molar-refractivity contribution in [2.75, 3.05) is 10.5 Å². The molecule has 10 heteroatoms. The fourth-order valence-corrected chi connectivity index (χ4v) is 4.13. The maximum absolute atomic E-state index is 12.9. The highest BCUT2D eigenvalue weighted by Gasteiger charge is 2.21. The standard InChI is InChI=1S/C20H17ClN4O4S/c1-2-7-30(27,28)25-20-24-11-17(29-20)18(26)16-10-23-19-15(16)8-13(9-22-19)12-3-5-14(21)6-4-12/h3-6,8-11H,2,7H2,1H3,(H,22,23)(H,24,25). The molecule has 154 valence electrons. The number of carbonyl (C=O) groups excluding carboxylic acids is 1. The van der Waals surface area contributed by atoms with Crippen molar-refractivity contribution in [3.8, 4) is 11.1 Å². The summed E-state index contributed by atoms with van der Waals surface area (Å²) in [5, 5.41) is 1.23. The van der Waals surface area contributed by atoms with Gasteiger partial charge in [-0.2, -0.15) is 0 Å². The van der Waals surface area contributed by atoms with Gasteiger partial charge in [0.2, 0.25) is 15.8 Å². The monoisotopic (exact) mass is 444 g/mol. The number of pyridine rings is 1. The number of aromatic nitrogens is 3. The van der Waals surface area contributed by atoms with Gasteiger partial charge in [-0.3, -0.25) is 4.79 Å². The van der Waals surface area contributed by atoms with Gasteiger partial charge in [0.1, 0.15) is 5.65 Å². The number of hydrogen-bond acceptors (Lipinski definition) is 6.